The third-order valence-electron chi connectivity index (χ3n) is 2.77. The number of carbonyl (C=O) groups is 1. The largest absolute Gasteiger partial charge is 0.322 e. The lowest BCUT2D eigenvalue weighted by atomic mass is 10.1. The molecule has 21 heavy (non-hydrogen) atoms. The smallest absolute Gasteiger partial charge is 0.288 e. The van der Waals surface area contributed by atoms with Gasteiger partial charge in [-0.1, -0.05) is 23.7 Å². The Morgan fingerprint density at radius 1 is 1.19 bits per heavy atom. The fourth-order valence-corrected chi connectivity index (χ4v) is 2.11. The van der Waals surface area contributed by atoms with Gasteiger partial charge in [-0.25, -0.2) is 0 Å². The van der Waals surface area contributed by atoms with E-state index in [9.17, 15) is 14.9 Å². The first-order valence-corrected chi connectivity index (χ1v) is 6.82. The van der Waals surface area contributed by atoms with Crippen molar-refractivity contribution in [3.8, 4) is 0 Å². The van der Waals surface area contributed by atoms with E-state index < -0.39 is 4.92 Å². The number of carbonyl (C=O) groups excluding carboxylic acids is 1. The summed E-state index contributed by atoms with van der Waals surface area (Å²) in [5, 5.41) is 13.3. The van der Waals surface area contributed by atoms with Crippen LogP contribution in [0.2, 0.25) is 5.02 Å². The average molecular weight is 325 g/mol. The van der Waals surface area contributed by atoms with Crippen LogP contribution in [-0.4, -0.2) is 10.8 Å². The number of nitro benzene ring substituents is 1. The summed E-state index contributed by atoms with van der Waals surface area (Å²) in [5.41, 5.74) is 1.54. The molecule has 0 atom stereocenters. The molecular formula is C14H10Cl2N2O3. The van der Waals surface area contributed by atoms with Crippen LogP contribution in [0.15, 0.2) is 42.5 Å². The van der Waals surface area contributed by atoms with Gasteiger partial charge in [-0.3, -0.25) is 14.9 Å². The zero-order valence-electron chi connectivity index (χ0n) is 10.7. The maximum Gasteiger partial charge on any atom is 0.288 e. The molecule has 0 bridgehead atoms. The first-order chi connectivity index (χ1) is 10.0. The molecule has 108 valence electrons. The van der Waals surface area contributed by atoms with E-state index in [0.717, 1.165) is 5.56 Å². The molecule has 2 aromatic carbocycles. The van der Waals surface area contributed by atoms with Crippen molar-refractivity contribution >= 4 is 40.5 Å². The molecule has 0 saturated heterocycles. The van der Waals surface area contributed by atoms with Crippen molar-refractivity contribution in [2.75, 3.05) is 5.32 Å². The number of rotatable bonds is 4. The van der Waals surface area contributed by atoms with Gasteiger partial charge in [0.1, 0.15) is 5.02 Å². The quantitative estimate of drug-likeness (QED) is 0.519. The Hall–Kier alpha value is -2.11. The van der Waals surface area contributed by atoms with Gasteiger partial charge in [0, 0.05) is 23.2 Å². The molecule has 2 rings (SSSR count). The van der Waals surface area contributed by atoms with Crippen molar-refractivity contribution in [2.45, 2.75) is 5.88 Å². The van der Waals surface area contributed by atoms with Gasteiger partial charge in [-0.2, -0.15) is 0 Å². The van der Waals surface area contributed by atoms with Gasteiger partial charge in [0.15, 0.2) is 0 Å². The van der Waals surface area contributed by atoms with Crippen LogP contribution >= 0.6 is 23.2 Å². The fraction of sp³-hybridized carbons (Fsp3) is 0.0714. The van der Waals surface area contributed by atoms with E-state index in [-0.39, 0.29) is 16.6 Å². The third kappa shape index (κ3) is 3.71. The first kappa shape index (κ1) is 15.3. The highest BCUT2D eigenvalue weighted by atomic mass is 35.5. The number of hydrogen-bond donors (Lipinski definition) is 1. The van der Waals surface area contributed by atoms with Gasteiger partial charge >= 0.3 is 0 Å². The molecule has 0 aliphatic heterocycles. The molecule has 5 nitrogen and oxygen atoms in total. The van der Waals surface area contributed by atoms with Crippen LogP contribution in [0.5, 0.6) is 0 Å². The van der Waals surface area contributed by atoms with Crippen LogP contribution in [-0.2, 0) is 5.88 Å². The Balaban J connectivity index is 2.15. The molecule has 0 aliphatic carbocycles. The molecule has 2 aromatic rings. The SMILES string of the molecule is O=C(Nc1ccc([N+](=O)[O-])c(Cl)c1)c1ccc(CCl)cc1. The van der Waals surface area contributed by atoms with E-state index in [1.54, 1.807) is 24.3 Å². The summed E-state index contributed by atoms with van der Waals surface area (Å²) < 4.78 is 0. The number of hydrogen-bond acceptors (Lipinski definition) is 3. The maximum atomic E-state index is 12.0. The Morgan fingerprint density at radius 3 is 2.38 bits per heavy atom. The van der Waals surface area contributed by atoms with E-state index in [1.165, 1.54) is 18.2 Å². The van der Waals surface area contributed by atoms with E-state index in [0.29, 0.717) is 17.1 Å². The second kappa shape index (κ2) is 6.56. The van der Waals surface area contributed by atoms with Gasteiger partial charge in [0.05, 0.1) is 4.92 Å². The number of nitro groups is 1. The van der Waals surface area contributed by atoms with E-state index in [4.69, 9.17) is 23.2 Å². The Bertz CT molecular complexity index is 687. The zero-order valence-corrected chi connectivity index (χ0v) is 12.2. The van der Waals surface area contributed by atoms with Gasteiger partial charge in [0.2, 0.25) is 0 Å². The minimum atomic E-state index is -0.585. The number of halogens is 2. The average Bonchev–Trinajstić information content (AvgIpc) is 2.47. The van der Waals surface area contributed by atoms with Crippen LogP contribution in [0.3, 0.4) is 0 Å². The lowest BCUT2D eigenvalue weighted by Gasteiger charge is -2.06. The molecule has 0 aliphatic rings. The second-order valence-electron chi connectivity index (χ2n) is 4.21. The van der Waals surface area contributed by atoms with Crippen LogP contribution in [0.1, 0.15) is 15.9 Å². The number of amides is 1. The minimum absolute atomic E-state index is 0.0321. The van der Waals surface area contributed by atoms with Crippen molar-refractivity contribution in [3.05, 3.63) is 68.7 Å². The Labute approximate surface area is 130 Å². The molecule has 1 amide bonds. The van der Waals surface area contributed by atoms with Gasteiger partial charge < -0.3 is 5.32 Å². The Morgan fingerprint density at radius 2 is 1.86 bits per heavy atom. The summed E-state index contributed by atoms with van der Waals surface area (Å²) in [6, 6.07) is 10.8. The van der Waals surface area contributed by atoms with Crippen LogP contribution in [0.25, 0.3) is 0 Å². The highest BCUT2D eigenvalue weighted by Gasteiger charge is 2.13. The number of anilines is 1. The standard InChI is InChI=1S/C14H10Cl2N2O3/c15-8-9-1-3-10(4-2-9)14(19)17-11-5-6-13(18(20)21)12(16)7-11/h1-7H,8H2,(H,17,19). The predicted octanol–water partition coefficient (Wildman–Crippen LogP) is 4.24. The van der Waals surface area contributed by atoms with Crippen molar-refractivity contribution in [3.63, 3.8) is 0 Å². The zero-order chi connectivity index (χ0) is 15.4. The number of benzene rings is 2. The molecule has 0 aromatic heterocycles. The van der Waals surface area contributed by atoms with E-state index >= 15 is 0 Å². The highest BCUT2D eigenvalue weighted by Crippen LogP contribution is 2.27. The number of alkyl halides is 1. The molecule has 0 saturated carbocycles. The van der Waals surface area contributed by atoms with Crippen molar-refractivity contribution in [1.29, 1.82) is 0 Å². The van der Waals surface area contributed by atoms with Crippen molar-refractivity contribution < 1.29 is 9.72 Å². The van der Waals surface area contributed by atoms with Gasteiger partial charge in [0.25, 0.3) is 11.6 Å². The summed E-state index contributed by atoms with van der Waals surface area (Å²) in [5.74, 6) is 0.0425. The number of nitrogens with zero attached hydrogens (tertiary/aromatic N) is 1. The molecule has 0 fully saturated rings. The lowest BCUT2D eigenvalue weighted by Crippen LogP contribution is -2.11. The summed E-state index contributed by atoms with van der Waals surface area (Å²) in [6.07, 6.45) is 0. The monoisotopic (exact) mass is 324 g/mol. The summed E-state index contributed by atoms with van der Waals surface area (Å²) >= 11 is 11.5. The van der Waals surface area contributed by atoms with E-state index in [2.05, 4.69) is 5.32 Å². The Kier molecular flexibility index (Phi) is 4.77. The maximum absolute atomic E-state index is 12.0. The van der Waals surface area contributed by atoms with Crippen molar-refractivity contribution in [2.24, 2.45) is 0 Å². The first-order valence-electron chi connectivity index (χ1n) is 5.91. The molecule has 0 unspecified atom stereocenters. The predicted molar refractivity (Wildman–Crippen MR) is 82.1 cm³/mol. The fourth-order valence-electron chi connectivity index (χ4n) is 1.68. The summed E-state index contributed by atoms with van der Waals surface area (Å²) in [6.45, 7) is 0. The number of nitrogens with one attached hydrogen (secondary N) is 1. The highest BCUT2D eigenvalue weighted by molar-refractivity contribution is 6.33. The minimum Gasteiger partial charge on any atom is -0.322 e. The van der Waals surface area contributed by atoms with Gasteiger partial charge in [-0.05, 0) is 29.8 Å². The lowest BCUT2D eigenvalue weighted by molar-refractivity contribution is -0.384. The summed E-state index contributed by atoms with van der Waals surface area (Å²) in [4.78, 5) is 22.1. The molecule has 0 radical (unpaired) electrons. The van der Waals surface area contributed by atoms with Crippen LogP contribution in [0.4, 0.5) is 11.4 Å². The molecule has 7 heteroatoms. The van der Waals surface area contributed by atoms with Crippen LogP contribution < -0.4 is 5.32 Å². The van der Waals surface area contributed by atoms with Crippen molar-refractivity contribution in [1.82, 2.24) is 0 Å². The molecular weight excluding hydrogens is 315 g/mol. The van der Waals surface area contributed by atoms with Gasteiger partial charge in [-0.15, -0.1) is 11.6 Å². The summed E-state index contributed by atoms with van der Waals surface area (Å²) in [7, 11) is 0. The molecule has 0 spiro atoms. The van der Waals surface area contributed by atoms with Crippen LogP contribution in [0, 0.1) is 10.1 Å². The molecule has 1 N–H and O–H groups in total. The van der Waals surface area contributed by atoms with E-state index in [1.807, 2.05) is 0 Å². The molecule has 0 heterocycles. The normalized spacial score (nSPS) is 10.2. The topological polar surface area (TPSA) is 72.2 Å². The second-order valence-corrected chi connectivity index (χ2v) is 4.88. The third-order valence-corrected chi connectivity index (χ3v) is 3.38.